The fraction of sp³-hybridized carbons (Fsp3) is 0.391. The van der Waals surface area contributed by atoms with Crippen LogP contribution in [0.5, 0.6) is 0 Å². The van der Waals surface area contributed by atoms with Crippen LogP contribution in [0.15, 0.2) is 53.7 Å². The normalized spacial score (nSPS) is 13.2. The molecule has 0 aliphatic rings. The van der Waals surface area contributed by atoms with Gasteiger partial charge >= 0.3 is 18.4 Å². The van der Waals surface area contributed by atoms with Gasteiger partial charge in [0.2, 0.25) is 0 Å². The van der Waals surface area contributed by atoms with Gasteiger partial charge in [0, 0.05) is 23.0 Å². The van der Waals surface area contributed by atoms with E-state index in [1.165, 1.54) is 0 Å². The molecule has 0 spiro atoms. The maximum Gasteiger partial charge on any atom is 0.416 e. The first kappa shape index (κ1) is 27.0. The molecule has 186 valence electrons. The minimum absolute atomic E-state index is 0.0347. The number of hydrogen-bond acceptors (Lipinski definition) is 4. The molecule has 5 nitrogen and oxygen atoms in total. The Morgan fingerprint density at radius 2 is 1.26 bits per heavy atom. The molecule has 0 aliphatic heterocycles. The molecular weight excluding hydrogens is 466 g/mol. The number of carbonyl (C=O) groups excluding carboxylic acids is 1. The lowest BCUT2D eigenvalue weighted by Gasteiger charge is -2.28. The van der Waals surface area contributed by atoms with E-state index in [1.807, 2.05) is 20.8 Å². The molecule has 2 rings (SSSR count). The van der Waals surface area contributed by atoms with Crippen molar-refractivity contribution in [1.82, 2.24) is 0 Å². The number of nitrogens with zero attached hydrogens (tertiary/aromatic N) is 1. The van der Waals surface area contributed by atoms with Crippen molar-refractivity contribution < 1.29 is 40.7 Å². The monoisotopic (exact) mass is 490 g/mol. The lowest BCUT2D eigenvalue weighted by Crippen LogP contribution is -2.30. The van der Waals surface area contributed by atoms with E-state index in [9.17, 15) is 31.1 Å². The first-order valence-corrected chi connectivity index (χ1v) is 10.1. The summed E-state index contributed by atoms with van der Waals surface area (Å²) in [5.74, 6) is 0. The number of hydrogen-bond donors (Lipinski definition) is 1. The summed E-state index contributed by atoms with van der Waals surface area (Å²) >= 11 is 0. The molecule has 0 bridgehead atoms. The summed E-state index contributed by atoms with van der Waals surface area (Å²) < 4.78 is 82.5. The highest BCUT2D eigenvalue weighted by Crippen LogP contribution is 2.32. The molecule has 0 heterocycles. The highest BCUT2D eigenvalue weighted by atomic mass is 19.4. The van der Waals surface area contributed by atoms with Crippen LogP contribution in [0.1, 0.15) is 49.4 Å². The highest BCUT2D eigenvalue weighted by molar-refractivity contribution is 6.12. The SMILES string of the molecule is CC(C)(C)C(CCOC(N)=O)ON=C(c1ccc(C(F)(F)F)cc1)c1ccc(C(F)(F)F)cc1. The van der Waals surface area contributed by atoms with Crippen LogP contribution in [0.3, 0.4) is 0 Å². The molecule has 1 unspecified atom stereocenters. The largest absolute Gasteiger partial charge is 0.450 e. The molecule has 34 heavy (non-hydrogen) atoms. The van der Waals surface area contributed by atoms with Crippen molar-refractivity contribution in [2.24, 2.45) is 16.3 Å². The first-order chi connectivity index (χ1) is 15.6. The van der Waals surface area contributed by atoms with Gasteiger partial charge in [0.05, 0.1) is 17.7 Å². The lowest BCUT2D eigenvalue weighted by molar-refractivity contribution is -0.138. The third-order valence-corrected chi connectivity index (χ3v) is 4.83. The van der Waals surface area contributed by atoms with E-state index >= 15 is 0 Å². The van der Waals surface area contributed by atoms with Crippen LogP contribution in [0.25, 0.3) is 0 Å². The Balaban J connectivity index is 2.45. The van der Waals surface area contributed by atoms with Gasteiger partial charge < -0.3 is 15.3 Å². The van der Waals surface area contributed by atoms with Crippen LogP contribution < -0.4 is 5.73 Å². The topological polar surface area (TPSA) is 73.9 Å². The molecule has 2 aromatic rings. The maximum atomic E-state index is 13.0. The van der Waals surface area contributed by atoms with Crippen LogP contribution in [0.4, 0.5) is 31.1 Å². The van der Waals surface area contributed by atoms with Gasteiger partial charge in [-0.15, -0.1) is 0 Å². The molecule has 0 radical (unpaired) electrons. The predicted molar refractivity (Wildman–Crippen MR) is 113 cm³/mol. The molecule has 2 aromatic carbocycles. The third-order valence-electron chi connectivity index (χ3n) is 4.83. The standard InChI is InChI=1S/C23H24F6N2O3/c1-21(2,3)18(12-13-33-20(30)32)34-31-19(14-4-8-16(9-5-14)22(24,25)26)15-6-10-17(11-7-15)23(27,28)29/h4-11,18H,12-13H2,1-3H3,(H2,30,32). The summed E-state index contributed by atoms with van der Waals surface area (Å²) in [4.78, 5) is 16.5. The number of oxime groups is 1. The van der Waals surface area contributed by atoms with Gasteiger partial charge in [0.25, 0.3) is 0 Å². The minimum atomic E-state index is -4.56. The van der Waals surface area contributed by atoms with Gasteiger partial charge in [0.15, 0.2) is 0 Å². The average molecular weight is 490 g/mol. The van der Waals surface area contributed by atoms with Gasteiger partial charge in [-0.05, 0) is 24.3 Å². The predicted octanol–water partition coefficient (Wildman–Crippen LogP) is 6.39. The Hall–Kier alpha value is -3.24. The number of amides is 1. The Morgan fingerprint density at radius 1 is 0.853 bits per heavy atom. The Labute approximate surface area is 192 Å². The average Bonchev–Trinajstić information content (AvgIpc) is 2.71. The summed E-state index contributed by atoms with van der Waals surface area (Å²) in [6.07, 6.45) is -10.5. The molecule has 0 aliphatic carbocycles. The maximum absolute atomic E-state index is 13.0. The van der Waals surface area contributed by atoms with Crippen molar-refractivity contribution >= 4 is 11.8 Å². The molecule has 2 N–H and O–H groups in total. The Morgan fingerprint density at radius 3 is 1.59 bits per heavy atom. The van der Waals surface area contributed by atoms with E-state index < -0.39 is 41.1 Å². The highest BCUT2D eigenvalue weighted by Gasteiger charge is 2.32. The molecule has 0 saturated heterocycles. The van der Waals surface area contributed by atoms with Gasteiger partial charge in [-0.25, -0.2) is 4.79 Å². The third kappa shape index (κ3) is 7.67. The number of halogens is 6. The summed E-state index contributed by atoms with van der Waals surface area (Å²) in [6, 6.07) is 8.01. The number of primary amides is 1. The van der Waals surface area contributed by atoms with E-state index in [-0.39, 0.29) is 29.9 Å². The minimum Gasteiger partial charge on any atom is -0.450 e. The van der Waals surface area contributed by atoms with E-state index in [2.05, 4.69) is 5.16 Å². The van der Waals surface area contributed by atoms with Crippen LogP contribution in [0.2, 0.25) is 0 Å². The van der Waals surface area contributed by atoms with Crippen LogP contribution in [0, 0.1) is 5.41 Å². The number of ether oxygens (including phenoxy) is 1. The van der Waals surface area contributed by atoms with Crippen molar-refractivity contribution in [3.63, 3.8) is 0 Å². The Bertz CT molecular complexity index is 932. The molecular formula is C23H24F6N2O3. The lowest BCUT2D eigenvalue weighted by atomic mass is 9.87. The summed E-state index contributed by atoms with van der Waals surface area (Å²) in [5, 5.41) is 4.09. The number of carbonyl (C=O) groups is 1. The molecule has 1 amide bonds. The zero-order valence-electron chi connectivity index (χ0n) is 18.6. The summed E-state index contributed by atoms with van der Waals surface area (Å²) in [7, 11) is 0. The smallest absolute Gasteiger partial charge is 0.416 e. The molecule has 0 fully saturated rings. The first-order valence-electron chi connectivity index (χ1n) is 10.1. The Kier molecular flexibility index (Phi) is 8.22. The van der Waals surface area contributed by atoms with Crippen LogP contribution >= 0.6 is 0 Å². The van der Waals surface area contributed by atoms with Gasteiger partial charge in [0.1, 0.15) is 11.8 Å². The second-order valence-electron chi connectivity index (χ2n) is 8.51. The molecule has 1 atom stereocenters. The summed E-state index contributed by atoms with van der Waals surface area (Å²) in [6.45, 7) is 5.41. The van der Waals surface area contributed by atoms with Crippen LogP contribution in [-0.4, -0.2) is 24.5 Å². The van der Waals surface area contributed by atoms with E-state index in [4.69, 9.17) is 15.3 Å². The fourth-order valence-corrected chi connectivity index (χ4v) is 2.93. The number of alkyl halides is 6. The summed E-state index contributed by atoms with van der Waals surface area (Å²) in [5.41, 5.74) is 3.12. The fourth-order valence-electron chi connectivity index (χ4n) is 2.93. The number of benzene rings is 2. The van der Waals surface area contributed by atoms with Crippen molar-refractivity contribution in [3.05, 3.63) is 70.8 Å². The van der Waals surface area contributed by atoms with Crippen molar-refractivity contribution in [3.8, 4) is 0 Å². The zero-order valence-corrected chi connectivity index (χ0v) is 18.6. The van der Waals surface area contributed by atoms with Gasteiger partial charge in [-0.1, -0.05) is 50.2 Å². The second-order valence-corrected chi connectivity index (χ2v) is 8.51. The molecule has 0 aromatic heterocycles. The zero-order chi connectivity index (χ0) is 25.7. The molecule has 11 heteroatoms. The van der Waals surface area contributed by atoms with E-state index in [1.54, 1.807) is 0 Å². The second kappa shape index (κ2) is 10.4. The number of rotatable bonds is 7. The van der Waals surface area contributed by atoms with Crippen molar-refractivity contribution in [2.45, 2.75) is 45.6 Å². The van der Waals surface area contributed by atoms with Crippen LogP contribution in [-0.2, 0) is 21.9 Å². The van der Waals surface area contributed by atoms with Gasteiger partial charge in [-0.3, -0.25) is 0 Å². The van der Waals surface area contributed by atoms with Crippen molar-refractivity contribution in [2.75, 3.05) is 6.61 Å². The quantitative estimate of drug-likeness (QED) is 0.278. The number of nitrogens with two attached hydrogens (primary N) is 1. The van der Waals surface area contributed by atoms with E-state index in [0.717, 1.165) is 48.5 Å². The van der Waals surface area contributed by atoms with E-state index in [0.29, 0.717) is 0 Å². The van der Waals surface area contributed by atoms with Gasteiger partial charge in [-0.2, -0.15) is 26.3 Å². The molecule has 0 saturated carbocycles. The van der Waals surface area contributed by atoms with Crippen molar-refractivity contribution in [1.29, 1.82) is 0 Å².